The Labute approximate surface area is 151 Å². The first-order chi connectivity index (χ1) is 11.8. The molecule has 0 aromatic heterocycles. The predicted octanol–water partition coefficient (Wildman–Crippen LogP) is 1.45. The predicted molar refractivity (Wildman–Crippen MR) is 98.3 cm³/mol. The van der Waals surface area contributed by atoms with E-state index < -0.39 is 10.2 Å². The zero-order valence-electron chi connectivity index (χ0n) is 15.3. The molecule has 0 spiro atoms. The van der Waals surface area contributed by atoms with Crippen molar-refractivity contribution in [2.24, 2.45) is 5.92 Å². The molecule has 140 valence electrons. The maximum Gasteiger partial charge on any atom is 0.279 e. The largest absolute Gasteiger partial charge is 0.375 e. The van der Waals surface area contributed by atoms with Crippen LogP contribution in [0.1, 0.15) is 25.8 Å². The average molecular weight is 368 g/mol. The topological polar surface area (TPSA) is 61.9 Å². The van der Waals surface area contributed by atoms with Gasteiger partial charge in [-0.15, -0.1) is 0 Å². The Hall–Kier alpha value is -0.990. The Morgan fingerprint density at radius 2 is 2.00 bits per heavy atom. The van der Waals surface area contributed by atoms with Gasteiger partial charge in [-0.2, -0.15) is 17.4 Å². The van der Waals surface area contributed by atoms with E-state index in [9.17, 15) is 8.42 Å². The minimum atomic E-state index is -3.50. The molecule has 0 bridgehead atoms. The van der Waals surface area contributed by atoms with Gasteiger partial charge in [-0.05, 0) is 17.9 Å². The van der Waals surface area contributed by atoms with E-state index in [0.29, 0.717) is 25.1 Å². The van der Waals surface area contributed by atoms with Gasteiger partial charge in [0.05, 0.1) is 12.7 Å². The molecule has 2 heterocycles. The maximum absolute atomic E-state index is 12.6. The number of nitrogens with zero attached hydrogens (tertiary/aromatic N) is 2. The van der Waals surface area contributed by atoms with Crippen LogP contribution >= 0.6 is 0 Å². The monoisotopic (exact) mass is 367 g/mol. The second kappa shape index (κ2) is 7.72. The molecular weight excluding hydrogens is 338 g/mol. The summed E-state index contributed by atoms with van der Waals surface area (Å²) in [6.07, 6.45) is 1.05. The Balaban J connectivity index is 1.57. The van der Waals surface area contributed by atoms with Crippen molar-refractivity contribution in [1.82, 2.24) is 13.9 Å². The van der Waals surface area contributed by atoms with Crippen molar-refractivity contribution in [2.45, 2.75) is 45.0 Å². The molecule has 0 saturated carbocycles. The van der Waals surface area contributed by atoms with Crippen LogP contribution in [0.5, 0.6) is 0 Å². The number of ether oxygens (including phenoxy) is 1. The van der Waals surface area contributed by atoms with Gasteiger partial charge in [0.1, 0.15) is 0 Å². The van der Waals surface area contributed by atoms with Crippen molar-refractivity contribution in [2.75, 3.05) is 26.7 Å². The molecule has 0 amide bonds. The molecule has 3 rings (SSSR count). The van der Waals surface area contributed by atoms with E-state index in [0.717, 1.165) is 25.1 Å². The number of benzene rings is 1. The lowest BCUT2D eigenvalue weighted by atomic mass is 10.0. The minimum Gasteiger partial charge on any atom is -0.375 e. The van der Waals surface area contributed by atoms with Crippen molar-refractivity contribution < 1.29 is 13.2 Å². The first-order valence-electron chi connectivity index (χ1n) is 8.98. The lowest BCUT2D eigenvalue weighted by Gasteiger charge is -2.36. The van der Waals surface area contributed by atoms with E-state index in [2.05, 4.69) is 23.5 Å². The Morgan fingerprint density at radius 1 is 1.28 bits per heavy atom. The number of fused-ring (bicyclic) bond motifs is 1. The molecule has 25 heavy (non-hydrogen) atoms. The Kier molecular flexibility index (Phi) is 5.80. The number of nitrogens with one attached hydrogen (secondary N) is 1. The van der Waals surface area contributed by atoms with Crippen LogP contribution in [0.3, 0.4) is 0 Å². The molecule has 3 atom stereocenters. The molecule has 2 fully saturated rings. The molecule has 1 aromatic carbocycles. The third kappa shape index (κ3) is 4.60. The molecule has 0 aliphatic carbocycles. The highest BCUT2D eigenvalue weighted by Crippen LogP contribution is 2.26. The summed E-state index contributed by atoms with van der Waals surface area (Å²) in [6.45, 7) is 7.05. The highest BCUT2D eigenvalue weighted by Gasteiger charge is 2.39. The van der Waals surface area contributed by atoms with E-state index >= 15 is 0 Å². The summed E-state index contributed by atoms with van der Waals surface area (Å²) in [5.74, 6) is 0.480. The summed E-state index contributed by atoms with van der Waals surface area (Å²) in [5.41, 5.74) is 0.979. The van der Waals surface area contributed by atoms with Gasteiger partial charge in [0.15, 0.2) is 0 Å². The van der Waals surface area contributed by atoms with Crippen molar-refractivity contribution in [3.05, 3.63) is 35.9 Å². The first kappa shape index (κ1) is 18.8. The molecule has 2 aliphatic heterocycles. The zero-order valence-corrected chi connectivity index (χ0v) is 16.1. The van der Waals surface area contributed by atoms with Gasteiger partial charge in [-0.25, -0.2) is 0 Å². The van der Waals surface area contributed by atoms with Crippen molar-refractivity contribution in [3.63, 3.8) is 0 Å². The lowest BCUT2D eigenvalue weighted by Crippen LogP contribution is -2.48. The van der Waals surface area contributed by atoms with E-state index in [4.69, 9.17) is 4.74 Å². The van der Waals surface area contributed by atoms with E-state index in [1.807, 2.05) is 30.3 Å². The summed E-state index contributed by atoms with van der Waals surface area (Å²) in [7, 11) is -1.88. The Bertz CT molecular complexity index is 665. The second-order valence-corrected chi connectivity index (χ2v) is 9.33. The molecule has 1 N–H and O–H groups in total. The van der Waals surface area contributed by atoms with Crippen molar-refractivity contribution >= 4 is 10.2 Å². The average Bonchev–Trinajstić information content (AvgIpc) is 2.96. The lowest BCUT2D eigenvalue weighted by molar-refractivity contribution is -0.0683. The molecule has 2 aliphatic rings. The van der Waals surface area contributed by atoms with Crippen LogP contribution in [0.15, 0.2) is 30.3 Å². The van der Waals surface area contributed by atoms with E-state index in [1.165, 1.54) is 4.31 Å². The fraction of sp³-hybridized carbons (Fsp3) is 0.667. The number of hydrogen-bond donors (Lipinski definition) is 1. The molecule has 1 aromatic rings. The van der Waals surface area contributed by atoms with Crippen LogP contribution in [0.25, 0.3) is 0 Å². The minimum absolute atomic E-state index is 0.0530. The van der Waals surface area contributed by atoms with Crippen LogP contribution in [0.4, 0.5) is 0 Å². The van der Waals surface area contributed by atoms with Crippen molar-refractivity contribution in [3.8, 4) is 0 Å². The summed E-state index contributed by atoms with van der Waals surface area (Å²) in [4.78, 5) is 2.37. The van der Waals surface area contributed by atoms with Gasteiger partial charge >= 0.3 is 0 Å². The second-order valence-electron chi connectivity index (χ2n) is 7.52. The van der Waals surface area contributed by atoms with Gasteiger partial charge in [-0.3, -0.25) is 4.90 Å². The van der Waals surface area contributed by atoms with Crippen LogP contribution in [0.2, 0.25) is 0 Å². The van der Waals surface area contributed by atoms with Gasteiger partial charge in [0.25, 0.3) is 10.2 Å². The summed E-state index contributed by atoms with van der Waals surface area (Å²) in [5, 5.41) is 0. The first-order valence-corrected chi connectivity index (χ1v) is 10.4. The van der Waals surface area contributed by atoms with Crippen LogP contribution in [0, 0.1) is 5.92 Å². The fourth-order valence-corrected chi connectivity index (χ4v) is 4.71. The molecular formula is C18H29N3O3S. The fourth-order valence-electron chi connectivity index (χ4n) is 3.61. The highest BCUT2D eigenvalue weighted by atomic mass is 32.2. The molecule has 6 nitrogen and oxygen atoms in total. The molecule has 7 heteroatoms. The quantitative estimate of drug-likeness (QED) is 0.827. The van der Waals surface area contributed by atoms with Gasteiger partial charge < -0.3 is 4.74 Å². The maximum atomic E-state index is 12.6. The van der Waals surface area contributed by atoms with Gasteiger partial charge in [-0.1, -0.05) is 44.2 Å². The molecule has 2 saturated heterocycles. The third-order valence-corrected chi connectivity index (χ3v) is 6.74. The normalized spacial score (nSPS) is 27.8. The summed E-state index contributed by atoms with van der Waals surface area (Å²) >= 11 is 0. The smallest absolute Gasteiger partial charge is 0.279 e. The number of hydrogen-bond acceptors (Lipinski definition) is 4. The number of morpholine rings is 1. The highest BCUT2D eigenvalue weighted by molar-refractivity contribution is 7.87. The standard InChI is InChI=1S/C18H29N3O3S/c1-14(2)18-12-21-11-16(9-17(21)13-24-18)19-25(22,23)20(3)10-15-7-5-4-6-8-15/h4-8,14,16-19H,9-13H2,1-3H3/t16-,17+,18+/m1/s1. The molecule has 0 radical (unpaired) electrons. The zero-order chi connectivity index (χ0) is 18.0. The molecule has 0 unspecified atom stereocenters. The van der Waals surface area contributed by atoms with Crippen LogP contribution < -0.4 is 4.72 Å². The number of rotatable bonds is 6. The Morgan fingerprint density at radius 3 is 2.68 bits per heavy atom. The van der Waals surface area contributed by atoms with Crippen LogP contribution in [-0.4, -0.2) is 62.6 Å². The SMILES string of the molecule is CC(C)[C@@H]1CN2C[C@H](NS(=O)(=O)N(C)Cc3ccccc3)C[C@H]2CO1. The van der Waals surface area contributed by atoms with E-state index in [1.54, 1.807) is 7.05 Å². The van der Waals surface area contributed by atoms with Crippen molar-refractivity contribution in [1.29, 1.82) is 0 Å². The summed E-state index contributed by atoms with van der Waals surface area (Å²) in [6, 6.07) is 9.91. The van der Waals surface area contributed by atoms with Gasteiger partial charge in [0, 0.05) is 38.8 Å². The van der Waals surface area contributed by atoms with E-state index in [-0.39, 0.29) is 12.1 Å². The van der Waals surface area contributed by atoms with Crippen LogP contribution in [-0.2, 0) is 21.5 Å². The van der Waals surface area contributed by atoms with Gasteiger partial charge in [0.2, 0.25) is 0 Å². The summed E-state index contributed by atoms with van der Waals surface area (Å²) < 4.78 is 35.5. The third-order valence-electron chi connectivity index (χ3n) is 5.16.